The third-order valence-electron chi connectivity index (χ3n) is 3.45. The molecule has 0 spiro atoms. The molecule has 0 N–H and O–H groups in total. The van der Waals surface area contributed by atoms with Crippen LogP contribution in [-0.4, -0.2) is 23.5 Å². The maximum absolute atomic E-state index is 4.27. The van der Waals surface area contributed by atoms with E-state index in [-0.39, 0.29) is 0 Å². The Morgan fingerprint density at radius 1 is 1.25 bits per heavy atom. The molecule has 92 valence electrons. The lowest BCUT2D eigenvalue weighted by atomic mass is 9.93. The summed E-state index contributed by atoms with van der Waals surface area (Å²) in [5.41, 5.74) is 2.85. The summed E-state index contributed by atoms with van der Waals surface area (Å²) in [5.74, 6) is 0. The van der Waals surface area contributed by atoms with E-state index in [0.717, 1.165) is 6.54 Å². The van der Waals surface area contributed by atoms with Gasteiger partial charge in [0.1, 0.15) is 0 Å². The molecule has 0 fully saturated rings. The van der Waals surface area contributed by atoms with Gasteiger partial charge in [-0.3, -0.25) is 4.90 Å². The number of hydrogen-bond donors (Lipinski definition) is 0. The minimum absolute atomic E-state index is 0.598. The van der Waals surface area contributed by atoms with Crippen molar-refractivity contribution in [1.29, 1.82) is 0 Å². The van der Waals surface area contributed by atoms with E-state index in [2.05, 4.69) is 45.2 Å². The third kappa shape index (κ3) is 3.79. The number of rotatable bonds is 5. The third-order valence-corrected chi connectivity index (χ3v) is 3.45. The Morgan fingerprint density at radius 3 is 2.31 bits per heavy atom. The summed E-state index contributed by atoms with van der Waals surface area (Å²) in [6, 6.07) is 1.20. The van der Waals surface area contributed by atoms with E-state index in [9.17, 15) is 0 Å². The molecular formula is C15H27N. The molecule has 0 saturated heterocycles. The molecule has 1 nitrogen and oxygen atoms in total. The van der Waals surface area contributed by atoms with Crippen LogP contribution in [0.15, 0.2) is 23.8 Å². The minimum atomic E-state index is 0.598. The molecule has 0 atom stereocenters. The van der Waals surface area contributed by atoms with Gasteiger partial charge in [-0.2, -0.15) is 0 Å². The molecule has 1 rings (SSSR count). The van der Waals surface area contributed by atoms with Gasteiger partial charge in [0, 0.05) is 18.6 Å². The predicted molar refractivity (Wildman–Crippen MR) is 72.7 cm³/mol. The second kappa shape index (κ2) is 6.24. The van der Waals surface area contributed by atoms with E-state index in [1.807, 2.05) is 0 Å². The monoisotopic (exact) mass is 221 g/mol. The lowest BCUT2D eigenvalue weighted by Crippen LogP contribution is -2.38. The van der Waals surface area contributed by atoms with Crippen molar-refractivity contribution in [2.45, 2.75) is 65.5 Å². The standard InChI is InChI=1S/C15H27N/c1-12(2)16(13(3)4)11-14(5)15-9-7-6-8-10-15/h9,12-13H,5-8,10-11H2,1-4H3. The first kappa shape index (κ1) is 13.5. The van der Waals surface area contributed by atoms with Crippen LogP contribution in [0.1, 0.15) is 53.4 Å². The molecule has 0 saturated carbocycles. The van der Waals surface area contributed by atoms with Gasteiger partial charge in [-0.1, -0.05) is 12.7 Å². The van der Waals surface area contributed by atoms with Crippen LogP contribution in [0.3, 0.4) is 0 Å². The van der Waals surface area contributed by atoms with Crippen molar-refractivity contribution in [3.63, 3.8) is 0 Å². The number of hydrogen-bond acceptors (Lipinski definition) is 1. The molecule has 1 aliphatic carbocycles. The SMILES string of the molecule is C=C(CN(C(C)C)C(C)C)C1=CCCCC1. The van der Waals surface area contributed by atoms with E-state index in [0.29, 0.717) is 12.1 Å². The van der Waals surface area contributed by atoms with Crippen molar-refractivity contribution in [2.24, 2.45) is 0 Å². The van der Waals surface area contributed by atoms with Gasteiger partial charge in [0.05, 0.1) is 0 Å². The summed E-state index contributed by atoms with van der Waals surface area (Å²) >= 11 is 0. The Morgan fingerprint density at radius 2 is 1.88 bits per heavy atom. The van der Waals surface area contributed by atoms with Crippen molar-refractivity contribution in [2.75, 3.05) is 6.54 Å². The summed E-state index contributed by atoms with van der Waals surface area (Å²) in [7, 11) is 0. The Kier molecular flexibility index (Phi) is 5.27. The van der Waals surface area contributed by atoms with Crippen molar-refractivity contribution in [3.8, 4) is 0 Å². The first-order chi connectivity index (χ1) is 7.52. The van der Waals surface area contributed by atoms with Gasteiger partial charge in [-0.25, -0.2) is 0 Å². The quantitative estimate of drug-likeness (QED) is 0.673. The molecule has 0 aromatic carbocycles. The largest absolute Gasteiger partial charge is 0.294 e. The molecule has 1 heteroatoms. The van der Waals surface area contributed by atoms with E-state index >= 15 is 0 Å². The van der Waals surface area contributed by atoms with Gasteiger partial charge in [-0.05, 0) is 64.5 Å². The maximum Gasteiger partial charge on any atom is 0.0235 e. The average Bonchev–Trinajstić information content (AvgIpc) is 2.25. The minimum Gasteiger partial charge on any atom is -0.294 e. The molecule has 0 aromatic heterocycles. The molecule has 0 bridgehead atoms. The van der Waals surface area contributed by atoms with Crippen LogP contribution in [0.5, 0.6) is 0 Å². The molecule has 0 heterocycles. The Labute approximate surface area is 101 Å². The molecule has 0 amide bonds. The maximum atomic E-state index is 4.27. The van der Waals surface area contributed by atoms with Crippen LogP contribution in [0.25, 0.3) is 0 Å². The Hall–Kier alpha value is -0.560. The highest BCUT2D eigenvalue weighted by Gasteiger charge is 2.16. The number of nitrogens with zero attached hydrogens (tertiary/aromatic N) is 1. The van der Waals surface area contributed by atoms with Crippen LogP contribution in [-0.2, 0) is 0 Å². The van der Waals surface area contributed by atoms with Crippen molar-refractivity contribution < 1.29 is 0 Å². The summed E-state index contributed by atoms with van der Waals surface area (Å²) in [6.45, 7) is 14.4. The fourth-order valence-corrected chi connectivity index (χ4v) is 2.44. The second-order valence-corrected chi connectivity index (χ2v) is 5.44. The Balaban J connectivity index is 2.57. The smallest absolute Gasteiger partial charge is 0.0235 e. The zero-order valence-corrected chi connectivity index (χ0v) is 11.4. The fourth-order valence-electron chi connectivity index (χ4n) is 2.44. The van der Waals surface area contributed by atoms with Gasteiger partial charge in [0.25, 0.3) is 0 Å². The van der Waals surface area contributed by atoms with E-state index in [1.54, 1.807) is 0 Å². The molecular weight excluding hydrogens is 194 g/mol. The summed E-state index contributed by atoms with van der Waals surface area (Å²) in [5, 5.41) is 0. The molecule has 1 aliphatic rings. The van der Waals surface area contributed by atoms with Gasteiger partial charge in [0.2, 0.25) is 0 Å². The highest BCUT2D eigenvalue weighted by atomic mass is 15.2. The summed E-state index contributed by atoms with van der Waals surface area (Å²) in [6.07, 6.45) is 7.58. The number of allylic oxidation sites excluding steroid dienone is 1. The lowest BCUT2D eigenvalue weighted by molar-refractivity contribution is 0.192. The van der Waals surface area contributed by atoms with E-state index in [4.69, 9.17) is 0 Å². The van der Waals surface area contributed by atoms with Crippen LogP contribution in [0.2, 0.25) is 0 Å². The molecule has 16 heavy (non-hydrogen) atoms. The van der Waals surface area contributed by atoms with Crippen molar-refractivity contribution >= 4 is 0 Å². The van der Waals surface area contributed by atoms with E-state index < -0.39 is 0 Å². The molecule has 0 radical (unpaired) electrons. The highest BCUT2D eigenvalue weighted by Crippen LogP contribution is 2.24. The normalized spacial score (nSPS) is 17.1. The summed E-state index contributed by atoms with van der Waals surface area (Å²) < 4.78 is 0. The van der Waals surface area contributed by atoms with Crippen molar-refractivity contribution in [1.82, 2.24) is 4.90 Å². The molecule has 0 unspecified atom stereocenters. The Bertz CT molecular complexity index is 253. The second-order valence-electron chi connectivity index (χ2n) is 5.44. The molecule has 0 aromatic rings. The first-order valence-electron chi connectivity index (χ1n) is 6.65. The topological polar surface area (TPSA) is 3.24 Å². The fraction of sp³-hybridized carbons (Fsp3) is 0.733. The zero-order valence-electron chi connectivity index (χ0n) is 11.4. The van der Waals surface area contributed by atoms with Crippen LogP contribution in [0, 0.1) is 0 Å². The van der Waals surface area contributed by atoms with E-state index in [1.165, 1.54) is 36.8 Å². The average molecular weight is 221 g/mol. The van der Waals surface area contributed by atoms with Gasteiger partial charge >= 0.3 is 0 Å². The van der Waals surface area contributed by atoms with Gasteiger partial charge in [0.15, 0.2) is 0 Å². The van der Waals surface area contributed by atoms with Crippen molar-refractivity contribution in [3.05, 3.63) is 23.8 Å². The first-order valence-corrected chi connectivity index (χ1v) is 6.65. The summed E-state index contributed by atoms with van der Waals surface area (Å²) in [4.78, 5) is 2.51. The lowest BCUT2D eigenvalue weighted by Gasteiger charge is -2.32. The molecule has 0 aliphatic heterocycles. The zero-order chi connectivity index (χ0) is 12.1. The van der Waals surface area contributed by atoms with Gasteiger partial charge < -0.3 is 0 Å². The van der Waals surface area contributed by atoms with Crippen LogP contribution >= 0.6 is 0 Å². The van der Waals surface area contributed by atoms with Crippen LogP contribution in [0.4, 0.5) is 0 Å². The highest BCUT2D eigenvalue weighted by molar-refractivity contribution is 5.30. The van der Waals surface area contributed by atoms with Crippen LogP contribution < -0.4 is 0 Å². The predicted octanol–water partition coefficient (Wildman–Crippen LogP) is 4.16. The van der Waals surface area contributed by atoms with Gasteiger partial charge in [-0.15, -0.1) is 0 Å².